The molecule has 0 aliphatic heterocycles. The Balaban J connectivity index is 1.56. The van der Waals surface area contributed by atoms with Crippen LogP contribution in [0.15, 0.2) is 59.0 Å². The number of anilines is 2. The molecule has 3 aromatic rings. The number of amides is 2. The Morgan fingerprint density at radius 1 is 1.04 bits per heavy atom. The second-order valence-corrected chi connectivity index (χ2v) is 6.57. The second-order valence-electron chi connectivity index (χ2n) is 6.57. The van der Waals surface area contributed by atoms with Crippen LogP contribution in [0.3, 0.4) is 0 Å². The van der Waals surface area contributed by atoms with Crippen LogP contribution in [0.25, 0.3) is 17.2 Å². The number of fused-ring (bicyclic) bond motifs is 1. The van der Waals surface area contributed by atoms with Crippen LogP contribution in [-0.2, 0) is 9.59 Å². The molecule has 1 aromatic heterocycles. The molecule has 2 N–H and O–H groups in total. The van der Waals surface area contributed by atoms with Gasteiger partial charge in [0.1, 0.15) is 5.52 Å². The lowest BCUT2D eigenvalue weighted by molar-refractivity contribution is -0.117. The molecule has 0 fully saturated rings. The Bertz CT molecular complexity index is 939. The highest BCUT2D eigenvalue weighted by molar-refractivity contribution is 6.02. The highest BCUT2D eigenvalue weighted by Crippen LogP contribution is 2.16. The van der Waals surface area contributed by atoms with Gasteiger partial charge in [-0.25, -0.2) is 4.98 Å². The fourth-order valence-electron chi connectivity index (χ4n) is 2.51. The number of benzene rings is 2. The summed E-state index contributed by atoms with van der Waals surface area (Å²) in [5, 5.41) is 5.58. The standard InChI is InChI=1S/C21H21N3O3/c1-14(2)13-20(26)23-16-9-7-15(8-10-16)22-19(25)11-12-21-24-17-5-3-4-6-18(17)27-21/h3-12,14H,13H2,1-2H3,(H,22,25)(H,23,26)/b12-11+. The fourth-order valence-corrected chi connectivity index (χ4v) is 2.51. The molecule has 0 saturated carbocycles. The molecule has 3 rings (SSSR count). The van der Waals surface area contributed by atoms with Gasteiger partial charge < -0.3 is 15.1 Å². The number of rotatable bonds is 6. The number of oxazole rings is 1. The Kier molecular flexibility index (Phi) is 5.66. The third-order valence-corrected chi connectivity index (χ3v) is 3.72. The molecule has 27 heavy (non-hydrogen) atoms. The molecular formula is C21H21N3O3. The molecule has 0 aliphatic carbocycles. The van der Waals surface area contributed by atoms with Crippen molar-refractivity contribution in [1.29, 1.82) is 0 Å². The number of carbonyl (C=O) groups excluding carboxylic acids is 2. The SMILES string of the molecule is CC(C)CC(=O)Nc1ccc(NC(=O)/C=C/c2nc3ccccc3o2)cc1. The highest BCUT2D eigenvalue weighted by atomic mass is 16.3. The van der Waals surface area contributed by atoms with E-state index < -0.39 is 0 Å². The van der Waals surface area contributed by atoms with Crippen LogP contribution in [0.2, 0.25) is 0 Å². The quantitative estimate of drug-likeness (QED) is 0.633. The summed E-state index contributed by atoms with van der Waals surface area (Å²) in [6.45, 7) is 3.99. The summed E-state index contributed by atoms with van der Waals surface area (Å²) < 4.78 is 5.53. The molecular weight excluding hydrogens is 342 g/mol. The summed E-state index contributed by atoms with van der Waals surface area (Å²) >= 11 is 0. The lowest BCUT2D eigenvalue weighted by atomic mass is 10.1. The highest BCUT2D eigenvalue weighted by Gasteiger charge is 2.06. The molecule has 0 aliphatic rings. The number of para-hydroxylation sites is 2. The van der Waals surface area contributed by atoms with Crippen LogP contribution < -0.4 is 10.6 Å². The monoisotopic (exact) mass is 363 g/mol. The normalized spacial score (nSPS) is 11.2. The number of hydrogen-bond acceptors (Lipinski definition) is 4. The number of hydrogen-bond donors (Lipinski definition) is 2. The summed E-state index contributed by atoms with van der Waals surface area (Å²) in [5.41, 5.74) is 2.74. The van der Waals surface area contributed by atoms with E-state index in [1.807, 2.05) is 38.1 Å². The van der Waals surface area contributed by atoms with Gasteiger partial charge in [0.25, 0.3) is 0 Å². The average molecular weight is 363 g/mol. The van der Waals surface area contributed by atoms with Crippen molar-refractivity contribution < 1.29 is 14.0 Å². The van der Waals surface area contributed by atoms with Gasteiger partial charge in [0.15, 0.2) is 5.58 Å². The molecule has 0 unspecified atom stereocenters. The van der Waals surface area contributed by atoms with Crippen molar-refractivity contribution >= 4 is 40.4 Å². The number of nitrogens with one attached hydrogen (secondary N) is 2. The first-order chi connectivity index (χ1) is 13.0. The van der Waals surface area contributed by atoms with Crippen molar-refractivity contribution in [3.63, 3.8) is 0 Å². The van der Waals surface area contributed by atoms with Crippen LogP contribution in [0, 0.1) is 5.92 Å². The van der Waals surface area contributed by atoms with Crippen molar-refractivity contribution in [1.82, 2.24) is 4.98 Å². The maximum Gasteiger partial charge on any atom is 0.248 e. The van der Waals surface area contributed by atoms with Crippen molar-refractivity contribution in [2.75, 3.05) is 10.6 Å². The molecule has 0 spiro atoms. The van der Waals surface area contributed by atoms with E-state index in [1.165, 1.54) is 12.2 Å². The van der Waals surface area contributed by atoms with E-state index in [-0.39, 0.29) is 11.8 Å². The Labute approximate surface area is 157 Å². The Morgan fingerprint density at radius 2 is 1.70 bits per heavy atom. The minimum Gasteiger partial charge on any atom is -0.437 e. The van der Waals surface area contributed by atoms with E-state index >= 15 is 0 Å². The summed E-state index contributed by atoms with van der Waals surface area (Å²) in [4.78, 5) is 28.1. The van der Waals surface area contributed by atoms with Crippen molar-refractivity contribution in [2.45, 2.75) is 20.3 Å². The first kappa shape index (κ1) is 18.4. The lowest BCUT2D eigenvalue weighted by Gasteiger charge is -2.08. The van der Waals surface area contributed by atoms with Crippen molar-refractivity contribution in [3.05, 3.63) is 60.5 Å². The second kappa shape index (κ2) is 8.31. The van der Waals surface area contributed by atoms with Crippen LogP contribution in [-0.4, -0.2) is 16.8 Å². The van der Waals surface area contributed by atoms with Crippen LogP contribution in [0.5, 0.6) is 0 Å². The summed E-state index contributed by atoms with van der Waals surface area (Å²) in [5.74, 6) is 0.350. The van der Waals surface area contributed by atoms with Gasteiger partial charge in [-0.05, 0) is 42.3 Å². The van der Waals surface area contributed by atoms with E-state index in [4.69, 9.17) is 4.42 Å². The molecule has 0 saturated heterocycles. The van der Waals surface area contributed by atoms with Gasteiger partial charge in [0, 0.05) is 29.9 Å². The largest absolute Gasteiger partial charge is 0.437 e. The minimum atomic E-state index is -0.297. The van der Waals surface area contributed by atoms with Gasteiger partial charge in [-0.15, -0.1) is 0 Å². The minimum absolute atomic E-state index is 0.0250. The third kappa shape index (κ3) is 5.28. The predicted molar refractivity (Wildman–Crippen MR) is 106 cm³/mol. The molecule has 6 nitrogen and oxygen atoms in total. The molecule has 0 bridgehead atoms. The lowest BCUT2D eigenvalue weighted by Crippen LogP contribution is -2.14. The van der Waals surface area contributed by atoms with Gasteiger partial charge >= 0.3 is 0 Å². The Hall–Kier alpha value is -3.41. The van der Waals surface area contributed by atoms with E-state index in [0.29, 0.717) is 35.2 Å². The molecule has 0 atom stereocenters. The summed E-state index contributed by atoms with van der Waals surface area (Å²) in [7, 11) is 0. The predicted octanol–water partition coefficient (Wildman–Crippen LogP) is 4.46. The molecule has 2 amide bonds. The van der Waals surface area contributed by atoms with Crippen LogP contribution in [0.1, 0.15) is 26.2 Å². The summed E-state index contributed by atoms with van der Waals surface area (Å²) in [6.07, 6.45) is 3.36. The van der Waals surface area contributed by atoms with Gasteiger partial charge in [-0.1, -0.05) is 26.0 Å². The maximum atomic E-state index is 12.0. The van der Waals surface area contributed by atoms with Gasteiger partial charge in [0.2, 0.25) is 17.7 Å². The van der Waals surface area contributed by atoms with E-state index in [2.05, 4.69) is 15.6 Å². The van der Waals surface area contributed by atoms with E-state index in [9.17, 15) is 9.59 Å². The Morgan fingerprint density at radius 3 is 2.37 bits per heavy atom. The fraction of sp³-hybridized carbons (Fsp3) is 0.190. The average Bonchev–Trinajstić information content (AvgIpc) is 3.04. The number of nitrogens with zero attached hydrogens (tertiary/aromatic N) is 1. The van der Waals surface area contributed by atoms with Gasteiger partial charge in [0.05, 0.1) is 0 Å². The van der Waals surface area contributed by atoms with Gasteiger partial charge in [-0.2, -0.15) is 0 Å². The third-order valence-electron chi connectivity index (χ3n) is 3.72. The smallest absolute Gasteiger partial charge is 0.248 e. The molecule has 0 radical (unpaired) electrons. The molecule has 1 heterocycles. The number of aromatic nitrogens is 1. The summed E-state index contributed by atoms with van der Waals surface area (Å²) in [6, 6.07) is 14.4. The van der Waals surface area contributed by atoms with E-state index in [0.717, 1.165) is 5.52 Å². The zero-order chi connectivity index (χ0) is 19.2. The first-order valence-electron chi connectivity index (χ1n) is 8.74. The molecule has 6 heteroatoms. The van der Waals surface area contributed by atoms with Crippen molar-refractivity contribution in [3.8, 4) is 0 Å². The van der Waals surface area contributed by atoms with Crippen LogP contribution in [0.4, 0.5) is 11.4 Å². The zero-order valence-corrected chi connectivity index (χ0v) is 15.2. The molecule has 2 aromatic carbocycles. The van der Waals surface area contributed by atoms with Gasteiger partial charge in [-0.3, -0.25) is 9.59 Å². The maximum absolute atomic E-state index is 12.0. The van der Waals surface area contributed by atoms with E-state index in [1.54, 1.807) is 24.3 Å². The first-order valence-corrected chi connectivity index (χ1v) is 8.74. The van der Waals surface area contributed by atoms with Crippen LogP contribution >= 0.6 is 0 Å². The number of carbonyl (C=O) groups is 2. The molecule has 138 valence electrons. The zero-order valence-electron chi connectivity index (χ0n) is 15.2. The topological polar surface area (TPSA) is 84.2 Å². The van der Waals surface area contributed by atoms with Crippen molar-refractivity contribution in [2.24, 2.45) is 5.92 Å².